The number of carbonyl (C=O) groups is 3. The second-order valence-electron chi connectivity index (χ2n) is 17.6. The molecule has 15 nitrogen and oxygen atoms in total. The lowest BCUT2D eigenvalue weighted by Gasteiger charge is -2.42. The lowest BCUT2D eigenvalue weighted by atomic mass is 10.0. The standard InChI is InChI=1S/C28H34FN3O5SSi.C19H16FN3O4S/c1-16(2)39(17(3)4,18(5)6)37-26-23-22(24(31-38(7,35)36)21-9-8-14-30-25(21)26)27(33)32(28(23)34)15-19-10-12-20(29)13-11-19;1-28(26,27)22-16-13-3-2-8-21-17(13)18(24)15-14(16)10-23(19(15)25)9-11-4-6-12(20)7-5-11/h8-14,16-18,31H,15H2,1-7H3;2-8,22,24H,9-10H2,1H3. The highest BCUT2D eigenvalue weighted by Gasteiger charge is 2.50. The van der Waals surface area contributed by atoms with Gasteiger partial charge in [0.1, 0.15) is 28.4 Å². The Morgan fingerprint density at radius 1 is 0.657 bits per heavy atom. The molecular formula is C47H50F2N6O9S2Si. The Labute approximate surface area is 388 Å². The predicted molar refractivity (Wildman–Crippen MR) is 254 cm³/mol. The summed E-state index contributed by atoms with van der Waals surface area (Å²) in [5.41, 5.74) is 2.74. The van der Waals surface area contributed by atoms with Crippen LogP contribution in [0.5, 0.6) is 11.5 Å². The quantitative estimate of drug-likeness (QED) is 0.0567. The number of benzene rings is 4. The maximum Gasteiger partial charge on any atom is 0.265 e. The van der Waals surface area contributed by atoms with Gasteiger partial charge >= 0.3 is 0 Å². The van der Waals surface area contributed by atoms with Crippen LogP contribution in [-0.4, -0.2) is 80.3 Å². The van der Waals surface area contributed by atoms with Crippen LogP contribution in [0.3, 0.4) is 0 Å². The van der Waals surface area contributed by atoms with Gasteiger partial charge in [-0.25, -0.2) is 25.6 Å². The first kappa shape index (κ1) is 48.4. The number of imide groups is 1. The van der Waals surface area contributed by atoms with Crippen molar-refractivity contribution in [2.45, 2.75) is 77.8 Å². The third kappa shape index (κ3) is 9.42. The molecule has 352 valence electrons. The van der Waals surface area contributed by atoms with Gasteiger partial charge < -0.3 is 14.4 Å². The zero-order valence-electron chi connectivity index (χ0n) is 38.0. The van der Waals surface area contributed by atoms with Gasteiger partial charge in [0.25, 0.3) is 26.0 Å². The molecule has 3 amide bonds. The number of pyridine rings is 2. The van der Waals surface area contributed by atoms with Crippen LogP contribution >= 0.6 is 0 Å². The van der Waals surface area contributed by atoms with Crippen LogP contribution in [0.15, 0.2) is 85.2 Å². The number of nitrogens with one attached hydrogen (secondary N) is 2. The molecule has 2 aliphatic rings. The number of phenols is 1. The number of halogens is 2. The van der Waals surface area contributed by atoms with Crippen LogP contribution in [0.4, 0.5) is 20.2 Å². The fourth-order valence-corrected chi connectivity index (χ4v) is 15.7. The number of fused-ring (bicyclic) bond motifs is 4. The van der Waals surface area contributed by atoms with Crippen molar-refractivity contribution in [2.75, 3.05) is 22.0 Å². The van der Waals surface area contributed by atoms with E-state index >= 15 is 0 Å². The van der Waals surface area contributed by atoms with Gasteiger partial charge in [-0.15, -0.1) is 0 Å². The van der Waals surface area contributed by atoms with Gasteiger partial charge in [0.2, 0.25) is 20.0 Å². The average molecular weight is 973 g/mol. The number of sulfonamides is 2. The molecule has 0 bridgehead atoms. The predicted octanol–water partition coefficient (Wildman–Crippen LogP) is 8.70. The van der Waals surface area contributed by atoms with Crippen molar-refractivity contribution in [3.05, 3.63) is 130 Å². The van der Waals surface area contributed by atoms with E-state index in [0.717, 1.165) is 17.4 Å². The number of anilines is 2. The fourth-order valence-electron chi connectivity index (χ4n) is 9.29. The molecule has 3 N–H and O–H groups in total. The van der Waals surface area contributed by atoms with Crippen molar-refractivity contribution in [1.29, 1.82) is 0 Å². The van der Waals surface area contributed by atoms with Gasteiger partial charge in [-0.1, -0.05) is 65.8 Å². The molecule has 0 spiro atoms. The molecular weight excluding hydrogens is 923 g/mol. The van der Waals surface area contributed by atoms with Crippen LogP contribution in [0.2, 0.25) is 16.6 Å². The van der Waals surface area contributed by atoms with Crippen molar-refractivity contribution in [1.82, 2.24) is 19.8 Å². The molecule has 4 aromatic carbocycles. The van der Waals surface area contributed by atoms with Crippen LogP contribution in [-0.2, 0) is 39.7 Å². The number of hydrogen-bond donors (Lipinski definition) is 3. The van der Waals surface area contributed by atoms with E-state index in [-0.39, 0.29) is 87.2 Å². The summed E-state index contributed by atoms with van der Waals surface area (Å²) >= 11 is 0. The highest BCUT2D eigenvalue weighted by atomic mass is 32.2. The number of phenolic OH excluding ortho intramolecular Hbond substituents is 1. The molecule has 0 atom stereocenters. The van der Waals surface area contributed by atoms with Crippen molar-refractivity contribution >= 4 is 79.3 Å². The van der Waals surface area contributed by atoms with Crippen LogP contribution < -0.4 is 13.9 Å². The number of rotatable bonds is 13. The Bertz CT molecular complexity index is 3170. The third-order valence-electron chi connectivity index (χ3n) is 12.0. The Hall–Kier alpha value is -6.51. The molecule has 0 aliphatic carbocycles. The number of aromatic hydroxyl groups is 1. The molecule has 0 saturated heterocycles. The summed E-state index contributed by atoms with van der Waals surface area (Å²) in [5, 5.41) is 11.4. The van der Waals surface area contributed by atoms with Gasteiger partial charge in [-0.3, -0.25) is 38.7 Å². The summed E-state index contributed by atoms with van der Waals surface area (Å²) in [6.07, 6.45) is 5.00. The summed E-state index contributed by atoms with van der Waals surface area (Å²) in [6, 6.07) is 17.8. The minimum atomic E-state index is -3.83. The lowest BCUT2D eigenvalue weighted by Crippen LogP contribution is -2.51. The second kappa shape index (κ2) is 18.3. The average Bonchev–Trinajstić information content (AvgIpc) is 3.71. The smallest absolute Gasteiger partial charge is 0.265 e. The van der Waals surface area contributed by atoms with Gasteiger partial charge in [-0.05, 0) is 76.3 Å². The Kier molecular flexibility index (Phi) is 13.2. The minimum absolute atomic E-state index is 0.00159. The summed E-state index contributed by atoms with van der Waals surface area (Å²) in [4.78, 5) is 52.0. The van der Waals surface area contributed by atoms with Gasteiger partial charge in [0, 0.05) is 41.8 Å². The highest BCUT2D eigenvalue weighted by Crippen LogP contribution is 2.49. The van der Waals surface area contributed by atoms with Crippen molar-refractivity contribution in [2.24, 2.45) is 0 Å². The number of amides is 3. The molecule has 8 rings (SSSR count). The maximum atomic E-state index is 14.0. The van der Waals surface area contributed by atoms with E-state index in [4.69, 9.17) is 4.43 Å². The highest BCUT2D eigenvalue weighted by molar-refractivity contribution is 7.92. The molecule has 4 heterocycles. The van der Waals surface area contributed by atoms with E-state index in [9.17, 15) is 45.1 Å². The number of carbonyl (C=O) groups excluding carboxylic acids is 3. The van der Waals surface area contributed by atoms with Gasteiger partial charge in [0.15, 0.2) is 5.75 Å². The molecule has 2 aromatic heterocycles. The second-order valence-corrected chi connectivity index (χ2v) is 26.5. The molecule has 20 heteroatoms. The maximum absolute atomic E-state index is 14.0. The Morgan fingerprint density at radius 3 is 1.63 bits per heavy atom. The SMILES string of the molecule is CC(C)[Si](Oc1c2c(c(NS(C)(=O)=O)c3cccnc13)C(=O)N(Cc1ccc(F)cc1)C2=O)(C(C)C)C(C)C.CS(=O)(=O)Nc1c2c(c(O)c3ncccc13)C(=O)N(Cc1ccc(F)cc1)C2. The van der Waals surface area contributed by atoms with E-state index in [1.807, 2.05) is 0 Å². The van der Waals surface area contributed by atoms with E-state index < -0.39 is 51.9 Å². The lowest BCUT2D eigenvalue weighted by molar-refractivity contribution is 0.0641. The number of hydrogen-bond acceptors (Lipinski definition) is 11. The summed E-state index contributed by atoms with van der Waals surface area (Å²) in [7, 11) is -10.1. The monoisotopic (exact) mass is 972 g/mol. The largest absolute Gasteiger partial charge is 0.541 e. The van der Waals surface area contributed by atoms with Gasteiger partial charge in [0.05, 0.1) is 47.1 Å². The zero-order chi connectivity index (χ0) is 48.9. The molecule has 67 heavy (non-hydrogen) atoms. The number of nitrogens with zero attached hydrogens (tertiary/aromatic N) is 4. The van der Waals surface area contributed by atoms with Crippen molar-refractivity contribution < 1.29 is 49.5 Å². The molecule has 2 aliphatic heterocycles. The minimum Gasteiger partial charge on any atom is -0.541 e. The molecule has 0 radical (unpaired) electrons. The first-order valence-electron chi connectivity index (χ1n) is 21.3. The van der Waals surface area contributed by atoms with Gasteiger partial charge in [-0.2, -0.15) is 0 Å². The number of aromatic nitrogens is 2. The summed E-state index contributed by atoms with van der Waals surface area (Å²) < 4.78 is 87.2. The topological polar surface area (TPSA) is 205 Å². The van der Waals surface area contributed by atoms with E-state index in [1.54, 1.807) is 42.6 Å². The molecule has 0 fully saturated rings. The summed E-state index contributed by atoms with van der Waals surface area (Å²) in [5.74, 6) is -2.61. The van der Waals surface area contributed by atoms with Crippen LogP contribution in [0, 0.1) is 11.6 Å². The van der Waals surface area contributed by atoms with Crippen LogP contribution in [0.1, 0.15) is 89.3 Å². The third-order valence-corrected chi connectivity index (χ3v) is 19.2. The molecule has 0 saturated carbocycles. The van der Waals surface area contributed by atoms with Crippen molar-refractivity contribution in [3.63, 3.8) is 0 Å². The normalized spacial score (nSPS) is 14.0. The Balaban J connectivity index is 0.000000209. The Morgan fingerprint density at radius 2 is 1.12 bits per heavy atom. The fraction of sp³-hybridized carbons (Fsp3) is 0.298. The van der Waals surface area contributed by atoms with E-state index in [2.05, 4.69) is 61.0 Å². The molecule has 0 unspecified atom stereocenters. The van der Waals surface area contributed by atoms with E-state index in [0.29, 0.717) is 33.0 Å². The first-order chi connectivity index (χ1) is 31.4. The summed E-state index contributed by atoms with van der Waals surface area (Å²) in [6.45, 7) is 12.8. The zero-order valence-corrected chi connectivity index (χ0v) is 40.6. The van der Waals surface area contributed by atoms with Crippen LogP contribution in [0.25, 0.3) is 21.8 Å². The first-order valence-corrected chi connectivity index (χ1v) is 27.2. The molecule has 6 aromatic rings. The van der Waals surface area contributed by atoms with E-state index in [1.165, 1.54) is 47.5 Å². The van der Waals surface area contributed by atoms with Crippen molar-refractivity contribution in [3.8, 4) is 11.5 Å².